The summed E-state index contributed by atoms with van der Waals surface area (Å²) in [5.74, 6) is 0.927. The monoisotopic (exact) mass is 252 g/mol. The number of nitrogens with zero attached hydrogens (tertiary/aromatic N) is 1. The molecule has 0 fully saturated rings. The van der Waals surface area contributed by atoms with Gasteiger partial charge >= 0.3 is 0 Å². The van der Waals surface area contributed by atoms with Crippen LogP contribution < -0.4 is 4.74 Å². The van der Waals surface area contributed by atoms with Crippen molar-refractivity contribution >= 4 is 11.0 Å². The number of H-pyrrole nitrogens is 1. The maximum absolute atomic E-state index is 5.52. The zero-order valence-corrected chi connectivity index (χ0v) is 10.9. The summed E-state index contributed by atoms with van der Waals surface area (Å²) in [6, 6.07) is 12.4. The minimum Gasteiger partial charge on any atom is -0.494 e. The number of rotatable bonds is 4. The van der Waals surface area contributed by atoms with Gasteiger partial charge in [0.25, 0.3) is 0 Å². The van der Waals surface area contributed by atoms with Crippen LogP contribution in [-0.4, -0.2) is 16.6 Å². The Labute approximate surface area is 112 Å². The van der Waals surface area contributed by atoms with E-state index in [0.717, 1.165) is 23.2 Å². The zero-order valence-electron chi connectivity index (χ0n) is 10.9. The number of aromatic nitrogens is 2. The molecule has 0 atom stereocenters. The average molecular weight is 252 g/mol. The lowest BCUT2D eigenvalue weighted by atomic mass is 10.1. The van der Waals surface area contributed by atoms with E-state index in [4.69, 9.17) is 4.74 Å². The first-order valence-electron chi connectivity index (χ1n) is 6.49. The van der Waals surface area contributed by atoms with Crippen LogP contribution in [0.15, 0.2) is 48.8 Å². The molecule has 2 heterocycles. The number of pyridine rings is 1. The van der Waals surface area contributed by atoms with Gasteiger partial charge in [-0.25, -0.2) is 4.98 Å². The fraction of sp³-hybridized carbons (Fsp3) is 0.188. The third-order valence-corrected chi connectivity index (χ3v) is 3.07. The van der Waals surface area contributed by atoms with Crippen molar-refractivity contribution in [3.05, 3.63) is 59.9 Å². The van der Waals surface area contributed by atoms with E-state index < -0.39 is 0 Å². The molecule has 0 radical (unpaired) electrons. The molecule has 2 aromatic heterocycles. The van der Waals surface area contributed by atoms with Gasteiger partial charge < -0.3 is 9.72 Å². The van der Waals surface area contributed by atoms with E-state index in [1.54, 1.807) is 0 Å². The molecule has 0 saturated heterocycles. The maximum Gasteiger partial charge on any atom is 0.137 e. The molecule has 0 aliphatic heterocycles. The highest BCUT2D eigenvalue weighted by atomic mass is 16.5. The van der Waals surface area contributed by atoms with Crippen LogP contribution in [0.5, 0.6) is 5.75 Å². The SMILES string of the molecule is CCOc1cccc(Cc2cnc3[nH]ccc3c2)c1. The fourth-order valence-corrected chi connectivity index (χ4v) is 2.23. The van der Waals surface area contributed by atoms with Crippen LogP contribution in [0.3, 0.4) is 0 Å². The quantitative estimate of drug-likeness (QED) is 0.771. The summed E-state index contributed by atoms with van der Waals surface area (Å²) < 4.78 is 5.52. The molecule has 1 aromatic carbocycles. The first-order chi connectivity index (χ1) is 9.35. The van der Waals surface area contributed by atoms with Crippen LogP contribution in [0, 0.1) is 0 Å². The smallest absolute Gasteiger partial charge is 0.137 e. The average Bonchev–Trinajstić information content (AvgIpc) is 2.87. The number of hydrogen-bond acceptors (Lipinski definition) is 2. The summed E-state index contributed by atoms with van der Waals surface area (Å²) in [4.78, 5) is 7.51. The largest absolute Gasteiger partial charge is 0.494 e. The van der Waals surface area contributed by atoms with Crippen molar-refractivity contribution in [1.29, 1.82) is 0 Å². The Morgan fingerprint density at radius 2 is 2.11 bits per heavy atom. The highest BCUT2D eigenvalue weighted by molar-refractivity contribution is 5.75. The molecule has 3 nitrogen and oxygen atoms in total. The van der Waals surface area contributed by atoms with E-state index in [9.17, 15) is 0 Å². The molecule has 0 saturated carbocycles. The van der Waals surface area contributed by atoms with Gasteiger partial charge in [-0.1, -0.05) is 12.1 Å². The van der Waals surface area contributed by atoms with Gasteiger partial charge in [0.05, 0.1) is 6.61 Å². The second-order valence-corrected chi connectivity index (χ2v) is 4.52. The topological polar surface area (TPSA) is 37.9 Å². The van der Waals surface area contributed by atoms with Crippen LogP contribution in [0.1, 0.15) is 18.1 Å². The predicted octanol–water partition coefficient (Wildman–Crippen LogP) is 3.55. The maximum atomic E-state index is 5.52. The van der Waals surface area contributed by atoms with Crippen LogP contribution in [0.4, 0.5) is 0 Å². The summed E-state index contributed by atoms with van der Waals surface area (Å²) in [7, 11) is 0. The molecule has 0 amide bonds. The van der Waals surface area contributed by atoms with Crippen LogP contribution >= 0.6 is 0 Å². The molecule has 0 aliphatic carbocycles. The number of hydrogen-bond donors (Lipinski definition) is 1. The van der Waals surface area contributed by atoms with Gasteiger partial charge in [0.1, 0.15) is 11.4 Å². The second kappa shape index (κ2) is 5.14. The lowest BCUT2D eigenvalue weighted by Crippen LogP contribution is -1.94. The second-order valence-electron chi connectivity index (χ2n) is 4.52. The van der Waals surface area contributed by atoms with Crippen molar-refractivity contribution < 1.29 is 4.74 Å². The molecule has 0 spiro atoms. The van der Waals surface area contributed by atoms with Gasteiger partial charge in [0, 0.05) is 17.8 Å². The van der Waals surface area contributed by atoms with Gasteiger partial charge in [-0.2, -0.15) is 0 Å². The fourth-order valence-electron chi connectivity index (χ4n) is 2.23. The molecule has 0 bridgehead atoms. The van der Waals surface area contributed by atoms with Gasteiger partial charge in [-0.05, 0) is 48.7 Å². The van der Waals surface area contributed by atoms with E-state index in [1.807, 2.05) is 37.5 Å². The third-order valence-electron chi connectivity index (χ3n) is 3.07. The number of nitrogens with one attached hydrogen (secondary N) is 1. The molecule has 0 aliphatic rings. The third kappa shape index (κ3) is 2.60. The lowest BCUT2D eigenvalue weighted by molar-refractivity contribution is 0.340. The minimum absolute atomic E-state index is 0.695. The molecule has 0 unspecified atom stereocenters. The standard InChI is InChI=1S/C16H16N2O/c1-2-19-15-5-3-4-12(10-15)8-13-9-14-6-7-17-16(14)18-11-13/h3-7,9-11H,2,8H2,1H3,(H,17,18). The first-order valence-corrected chi connectivity index (χ1v) is 6.49. The predicted molar refractivity (Wildman–Crippen MR) is 76.5 cm³/mol. The summed E-state index contributed by atoms with van der Waals surface area (Å²) >= 11 is 0. The molecule has 19 heavy (non-hydrogen) atoms. The molecule has 96 valence electrons. The minimum atomic E-state index is 0.695. The Balaban J connectivity index is 1.85. The summed E-state index contributed by atoms with van der Waals surface area (Å²) in [5.41, 5.74) is 3.38. The Kier molecular flexibility index (Phi) is 3.19. The molecule has 3 rings (SSSR count). The lowest BCUT2D eigenvalue weighted by Gasteiger charge is -2.06. The molecular formula is C16H16N2O. The van der Waals surface area contributed by atoms with Gasteiger partial charge in [-0.3, -0.25) is 0 Å². The summed E-state index contributed by atoms with van der Waals surface area (Å²) in [5, 5.41) is 1.15. The Morgan fingerprint density at radius 1 is 1.16 bits per heavy atom. The Morgan fingerprint density at radius 3 is 3.00 bits per heavy atom. The van der Waals surface area contributed by atoms with Crippen LogP contribution in [-0.2, 0) is 6.42 Å². The van der Waals surface area contributed by atoms with Crippen molar-refractivity contribution in [3.8, 4) is 5.75 Å². The highest BCUT2D eigenvalue weighted by Crippen LogP contribution is 2.18. The van der Waals surface area contributed by atoms with Crippen LogP contribution in [0.25, 0.3) is 11.0 Å². The first kappa shape index (κ1) is 11.8. The Bertz CT molecular complexity index is 688. The van der Waals surface area contributed by atoms with Crippen molar-refractivity contribution in [2.75, 3.05) is 6.61 Å². The van der Waals surface area contributed by atoms with Crippen molar-refractivity contribution in [2.24, 2.45) is 0 Å². The Hall–Kier alpha value is -2.29. The number of benzene rings is 1. The number of aromatic amines is 1. The summed E-state index contributed by atoms with van der Waals surface area (Å²) in [6.07, 6.45) is 4.71. The zero-order chi connectivity index (χ0) is 13.1. The van der Waals surface area contributed by atoms with E-state index in [-0.39, 0.29) is 0 Å². The van der Waals surface area contributed by atoms with Crippen molar-refractivity contribution in [3.63, 3.8) is 0 Å². The van der Waals surface area contributed by atoms with E-state index in [1.165, 1.54) is 11.1 Å². The van der Waals surface area contributed by atoms with E-state index in [2.05, 4.69) is 28.2 Å². The number of ether oxygens (including phenoxy) is 1. The summed E-state index contributed by atoms with van der Waals surface area (Å²) in [6.45, 7) is 2.69. The van der Waals surface area contributed by atoms with Crippen molar-refractivity contribution in [2.45, 2.75) is 13.3 Å². The van der Waals surface area contributed by atoms with Gasteiger partial charge in [0.15, 0.2) is 0 Å². The van der Waals surface area contributed by atoms with Crippen molar-refractivity contribution in [1.82, 2.24) is 9.97 Å². The number of fused-ring (bicyclic) bond motifs is 1. The van der Waals surface area contributed by atoms with E-state index >= 15 is 0 Å². The normalized spacial score (nSPS) is 10.8. The van der Waals surface area contributed by atoms with Gasteiger partial charge in [0.2, 0.25) is 0 Å². The van der Waals surface area contributed by atoms with E-state index in [0.29, 0.717) is 6.61 Å². The molecule has 3 aromatic rings. The highest BCUT2D eigenvalue weighted by Gasteiger charge is 2.02. The van der Waals surface area contributed by atoms with Gasteiger partial charge in [-0.15, -0.1) is 0 Å². The molecular weight excluding hydrogens is 236 g/mol. The molecule has 3 heteroatoms. The van der Waals surface area contributed by atoms with Crippen LogP contribution in [0.2, 0.25) is 0 Å². The molecule has 1 N–H and O–H groups in total.